The molecule has 32 heavy (non-hydrogen) atoms. The molecule has 0 radical (unpaired) electrons. The van der Waals surface area contributed by atoms with Crippen LogP contribution in [-0.4, -0.2) is 31.4 Å². The molecule has 3 aromatic carbocycles. The van der Waals surface area contributed by atoms with E-state index in [-0.39, 0.29) is 5.91 Å². The van der Waals surface area contributed by atoms with Gasteiger partial charge in [-0.2, -0.15) is 4.68 Å². The first-order valence-corrected chi connectivity index (χ1v) is 11.4. The minimum atomic E-state index is -0.390. The topological polar surface area (TPSA) is 72.7 Å². The highest BCUT2D eigenvalue weighted by Gasteiger charge is 2.20. The molecule has 4 aromatic rings. The highest BCUT2D eigenvalue weighted by molar-refractivity contribution is 8.00. The van der Waals surface area contributed by atoms with Crippen molar-refractivity contribution in [1.29, 1.82) is 0 Å². The van der Waals surface area contributed by atoms with Crippen molar-refractivity contribution in [2.24, 2.45) is 0 Å². The Hall–Kier alpha value is -3.45. The Morgan fingerprint density at radius 3 is 2.31 bits per heavy atom. The second-order valence-corrected chi connectivity index (χ2v) is 9.09. The molecule has 6 nitrogen and oxygen atoms in total. The molecule has 0 saturated carbocycles. The molecule has 0 aliphatic carbocycles. The fourth-order valence-electron chi connectivity index (χ4n) is 3.32. The molecule has 4 rings (SSSR count). The molecule has 1 heterocycles. The average molecular weight is 444 g/mol. The summed E-state index contributed by atoms with van der Waals surface area (Å²) in [7, 11) is 0. The number of aromatic nitrogens is 4. The van der Waals surface area contributed by atoms with Crippen LogP contribution >= 0.6 is 11.8 Å². The van der Waals surface area contributed by atoms with Gasteiger partial charge in [-0.15, -0.1) is 5.10 Å². The Balaban J connectivity index is 1.49. The molecule has 1 aromatic heterocycles. The van der Waals surface area contributed by atoms with Crippen LogP contribution in [-0.2, 0) is 4.79 Å². The monoisotopic (exact) mass is 443 g/mol. The van der Waals surface area contributed by atoms with Gasteiger partial charge in [-0.05, 0) is 52.6 Å². The molecule has 1 N–H and O–H groups in total. The van der Waals surface area contributed by atoms with Crippen molar-refractivity contribution < 1.29 is 4.79 Å². The number of hydrogen-bond acceptors (Lipinski definition) is 5. The van der Waals surface area contributed by atoms with Crippen LogP contribution in [0.4, 0.5) is 5.69 Å². The van der Waals surface area contributed by atoms with Gasteiger partial charge in [0, 0.05) is 11.3 Å². The molecular formula is C25H25N5OS. The largest absolute Gasteiger partial charge is 0.325 e. The minimum Gasteiger partial charge on any atom is -0.325 e. The van der Waals surface area contributed by atoms with Crippen molar-refractivity contribution in [3.63, 3.8) is 0 Å². The summed E-state index contributed by atoms with van der Waals surface area (Å²) in [6, 6.07) is 26.0. The molecule has 1 unspecified atom stereocenters. The third kappa shape index (κ3) is 4.89. The molecule has 0 aliphatic heterocycles. The summed E-state index contributed by atoms with van der Waals surface area (Å²) in [5.41, 5.74) is 4.93. The summed E-state index contributed by atoms with van der Waals surface area (Å²) in [4.78, 5) is 13.0. The number of tetrazole rings is 1. The highest BCUT2D eigenvalue weighted by atomic mass is 32.2. The van der Waals surface area contributed by atoms with Crippen molar-refractivity contribution in [2.75, 3.05) is 5.32 Å². The molecule has 7 heteroatoms. The average Bonchev–Trinajstić information content (AvgIpc) is 3.28. The lowest BCUT2D eigenvalue weighted by Gasteiger charge is -2.15. The van der Waals surface area contributed by atoms with E-state index < -0.39 is 5.25 Å². The van der Waals surface area contributed by atoms with E-state index in [0.717, 1.165) is 22.5 Å². The Morgan fingerprint density at radius 2 is 1.59 bits per heavy atom. The molecule has 0 spiro atoms. The molecular weight excluding hydrogens is 418 g/mol. The van der Waals surface area contributed by atoms with Crippen molar-refractivity contribution in [3.05, 3.63) is 84.4 Å². The number of thioether (sulfide) groups is 1. The van der Waals surface area contributed by atoms with Crippen molar-refractivity contribution in [1.82, 2.24) is 20.2 Å². The number of anilines is 1. The number of nitrogens with one attached hydrogen (secondary N) is 1. The number of hydrogen-bond donors (Lipinski definition) is 1. The lowest BCUT2D eigenvalue weighted by atomic mass is 10.0. The summed E-state index contributed by atoms with van der Waals surface area (Å²) in [5, 5.41) is 15.3. The third-order valence-electron chi connectivity index (χ3n) is 5.17. The zero-order chi connectivity index (χ0) is 22.5. The van der Waals surface area contributed by atoms with Gasteiger partial charge in [0.1, 0.15) is 0 Å². The van der Waals surface area contributed by atoms with E-state index >= 15 is 0 Å². The first-order valence-electron chi connectivity index (χ1n) is 10.5. The van der Waals surface area contributed by atoms with Gasteiger partial charge in [0.15, 0.2) is 0 Å². The standard InChI is InChI=1S/C25H25N5OS/c1-17(2)19-13-15-21(16-14-19)30-25(27-28-29-30)32-18(3)24(31)26-23-12-8-7-11-22(23)20-9-5-4-6-10-20/h4-18H,1-3H3,(H,26,31). The fraction of sp³-hybridized carbons (Fsp3) is 0.200. The lowest BCUT2D eigenvalue weighted by Crippen LogP contribution is -2.23. The van der Waals surface area contributed by atoms with Crippen LogP contribution in [0.2, 0.25) is 0 Å². The van der Waals surface area contributed by atoms with Crippen LogP contribution in [0, 0.1) is 0 Å². The summed E-state index contributed by atoms with van der Waals surface area (Å²) in [6.07, 6.45) is 0. The van der Waals surface area contributed by atoms with Crippen LogP contribution in [0.3, 0.4) is 0 Å². The van der Waals surface area contributed by atoms with Gasteiger partial charge in [0.05, 0.1) is 10.9 Å². The van der Waals surface area contributed by atoms with Gasteiger partial charge < -0.3 is 5.32 Å². The Labute approximate surface area is 192 Å². The molecule has 162 valence electrons. The second kappa shape index (κ2) is 9.78. The maximum atomic E-state index is 13.0. The normalized spacial score (nSPS) is 12.0. The van der Waals surface area contributed by atoms with E-state index in [4.69, 9.17) is 0 Å². The summed E-state index contributed by atoms with van der Waals surface area (Å²) < 4.78 is 1.66. The van der Waals surface area contributed by atoms with E-state index in [1.807, 2.05) is 73.7 Å². The molecule has 1 atom stereocenters. The van der Waals surface area contributed by atoms with Crippen LogP contribution in [0.25, 0.3) is 16.8 Å². The molecule has 1 amide bonds. The number of carbonyl (C=O) groups is 1. The number of para-hydroxylation sites is 1. The van der Waals surface area contributed by atoms with E-state index in [9.17, 15) is 4.79 Å². The number of carbonyl (C=O) groups excluding carboxylic acids is 1. The third-order valence-corrected chi connectivity index (χ3v) is 6.20. The number of amides is 1. The predicted molar refractivity (Wildman–Crippen MR) is 129 cm³/mol. The van der Waals surface area contributed by atoms with E-state index in [2.05, 4.69) is 46.8 Å². The molecule has 0 bridgehead atoms. The first-order chi connectivity index (χ1) is 15.5. The van der Waals surface area contributed by atoms with Gasteiger partial charge in [-0.3, -0.25) is 4.79 Å². The highest BCUT2D eigenvalue weighted by Crippen LogP contribution is 2.29. The number of nitrogens with zero attached hydrogens (tertiary/aromatic N) is 4. The summed E-state index contributed by atoms with van der Waals surface area (Å²) in [5.74, 6) is 0.345. The van der Waals surface area contributed by atoms with Crippen LogP contribution in [0.1, 0.15) is 32.3 Å². The molecule has 0 fully saturated rings. The minimum absolute atomic E-state index is 0.108. The molecule has 0 saturated heterocycles. The van der Waals surface area contributed by atoms with Gasteiger partial charge in [-0.25, -0.2) is 0 Å². The number of benzene rings is 3. The van der Waals surface area contributed by atoms with E-state index in [1.165, 1.54) is 17.3 Å². The van der Waals surface area contributed by atoms with Crippen molar-refractivity contribution >= 4 is 23.4 Å². The van der Waals surface area contributed by atoms with Crippen LogP contribution in [0.5, 0.6) is 0 Å². The van der Waals surface area contributed by atoms with E-state index in [1.54, 1.807) is 4.68 Å². The first kappa shape index (κ1) is 21.8. The van der Waals surface area contributed by atoms with Crippen LogP contribution in [0.15, 0.2) is 84.0 Å². The fourth-order valence-corrected chi connectivity index (χ4v) is 4.13. The van der Waals surface area contributed by atoms with Gasteiger partial charge >= 0.3 is 0 Å². The molecule has 0 aliphatic rings. The quantitative estimate of drug-likeness (QED) is 0.378. The predicted octanol–water partition coefficient (Wildman–Crippen LogP) is 5.57. The summed E-state index contributed by atoms with van der Waals surface area (Å²) >= 11 is 1.33. The second-order valence-electron chi connectivity index (χ2n) is 7.78. The Morgan fingerprint density at radius 1 is 0.906 bits per heavy atom. The van der Waals surface area contributed by atoms with Gasteiger partial charge in [-0.1, -0.05) is 86.3 Å². The number of rotatable bonds is 7. The zero-order valence-electron chi connectivity index (χ0n) is 18.3. The van der Waals surface area contributed by atoms with Crippen LogP contribution < -0.4 is 5.32 Å². The van der Waals surface area contributed by atoms with Crippen molar-refractivity contribution in [3.8, 4) is 16.8 Å². The Bertz CT molecular complexity index is 1190. The van der Waals surface area contributed by atoms with Crippen molar-refractivity contribution in [2.45, 2.75) is 37.1 Å². The van der Waals surface area contributed by atoms with E-state index in [0.29, 0.717) is 11.1 Å². The maximum Gasteiger partial charge on any atom is 0.237 e. The Kier molecular flexibility index (Phi) is 6.66. The van der Waals surface area contributed by atoms with Gasteiger partial charge in [0.2, 0.25) is 11.1 Å². The SMILES string of the molecule is CC(Sc1nnnn1-c1ccc(C(C)C)cc1)C(=O)Nc1ccccc1-c1ccccc1. The smallest absolute Gasteiger partial charge is 0.237 e. The lowest BCUT2D eigenvalue weighted by molar-refractivity contribution is -0.115. The van der Waals surface area contributed by atoms with Gasteiger partial charge in [0.25, 0.3) is 0 Å². The summed E-state index contributed by atoms with van der Waals surface area (Å²) in [6.45, 7) is 6.17. The zero-order valence-corrected chi connectivity index (χ0v) is 19.1. The maximum absolute atomic E-state index is 13.0.